The fraction of sp³-hybridized carbons (Fsp3) is 0.333. The lowest BCUT2D eigenvalue weighted by Gasteiger charge is -2.34. The number of hydrogen-bond donors (Lipinski definition) is 1. The van der Waals surface area contributed by atoms with Gasteiger partial charge in [0, 0.05) is 0 Å². The van der Waals surface area contributed by atoms with E-state index in [-0.39, 0.29) is 18.5 Å². The molecule has 2 unspecified atom stereocenters. The minimum absolute atomic E-state index is 0.181. The first-order valence-corrected chi connectivity index (χ1v) is 7.91. The van der Waals surface area contributed by atoms with Gasteiger partial charge in [-0.2, -0.15) is 9.82 Å². The second kappa shape index (κ2) is 7.70. The van der Waals surface area contributed by atoms with Gasteiger partial charge in [0.15, 0.2) is 18.6 Å². The van der Waals surface area contributed by atoms with E-state index in [2.05, 4.69) is 5.43 Å². The topological polar surface area (TPSA) is 30.4 Å². The van der Waals surface area contributed by atoms with Crippen LogP contribution in [0.1, 0.15) is 5.56 Å². The molecule has 1 aliphatic heterocycles. The second-order valence-corrected chi connectivity index (χ2v) is 5.87. The van der Waals surface area contributed by atoms with Crippen LogP contribution in [-0.4, -0.2) is 37.6 Å². The molecule has 0 bridgehead atoms. The fourth-order valence-electron chi connectivity index (χ4n) is 2.64. The van der Waals surface area contributed by atoms with E-state index < -0.39 is 12.1 Å². The lowest BCUT2D eigenvalue weighted by Crippen LogP contribution is -2.61. The van der Waals surface area contributed by atoms with Crippen molar-refractivity contribution < 1.29 is 13.5 Å². The molecule has 0 spiro atoms. The summed E-state index contributed by atoms with van der Waals surface area (Å²) in [5.74, 6) is -0.412. The first-order chi connectivity index (χ1) is 11.6. The number of piperazine rings is 1. The monoisotopic (exact) mass is 333 g/mol. The van der Waals surface area contributed by atoms with Gasteiger partial charge in [0.2, 0.25) is 0 Å². The number of likely N-dealkylation sites (N-methyl/N-ethyl adjacent to an activating group) is 1. The van der Waals surface area contributed by atoms with Gasteiger partial charge in [-0.3, -0.25) is 4.90 Å². The Hall–Kier alpha value is -2.02. The van der Waals surface area contributed by atoms with Crippen molar-refractivity contribution in [2.45, 2.75) is 19.1 Å². The van der Waals surface area contributed by atoms with Gasteiger partial charge in [0.25, 0.3) is 0 Å². The highest BCUT2D eigenvalue weighted by molar-refractivity contribution is 5.44. The Kier molecular flexibility index (Phi) is 5.40. The second-order valence-electron chi connectivity index (χ2n) is 5.87. The number of alkyl halides is 1. The molecular formula is C18H21F2N3O+. The van der Waals surface area contributed by atoms with Crippen LogP contribution in [0.4, 0.5) is 14.5 Å². The minimum atomic E-state index is -1.24. The van der Waals surface area contributed by atoms with Gasteiger partial charge in [0.05, 0.1) is 13.2 Å². The number of rotatable bonds is 5. The summed E-state index contributed by atoms with van der Waals surface area (Å²) in [7, 11) is 1.82. The van der Waals surface area contributed by atoms with Crippen LogP contribution in [-0.2, 0) is 11.3 Å². The van der Waals surface area contributed by atoms with Crippen LogP contribution in [0.2, 0.25) is 0 Å². The normalized spacial score (nSPS) is 22.5. The van der Waals surface area contributed by atoms with Crippen LogP contribution >= 0.6 is 0 Å². The standard InChI is InChI=1S/C18H21F2N3O/c1-22-11-17(20)23(21-16-10-6-5-9-15(16)19)12-18(22)24-13-14-7-3-2-4-8-14/h2-10,17-18,21H,11-13H2,1H3/q+1. The number of ether oxygens (including phenoxy) is 1. The summed E-state index contributed by atoms with van der Waals surface area (Å²) in [6.07, 6.45) is -1.53. The average Bonchev–Trinajstić information content (AvgIpc) is 2.59. The molecule has 2 aromatic rings. The molecule has 127 valence electrons. The molecule has 1 fully saturated rings. The Morgan fingerprint density at radius 1 is 1.17 bits per heavy atom. The quantitative estimate of drug-likeness (QED) is 0.674. The van der Waals surface area contributed by atoms with E-state index in [0.717, 1.165) is 5.56 Å². The van der Waals surface area contributed by atoms with Gasteiger partial charge >= 0.3 is 6.30 Å². The summed E-state index contributed by atoms with van der Waals surface area (Å²) in [5.41, 5.74) is 4.14. The van der Waals surface area contributed by atoms with Gasteiger partial charge in [-0.25, -0.2) is 4.39 Å². The Morgan fingerprint density at radius 2 is 1.88 bits per heavy atom. The zero-order valence-electron chi connectivity index (χ0n) is 13.5. The molecule has 1 saturated heterocycles. The maximum Gasteiger partial charge on any atom is 0.312 e. The average molecular weight is 333 g/mol. The first-order valence-electron chi connectivity index (χ1n) is 7.91. The highest BCUT2D eigenvalue weighted by Crippen LogP contribution is 2.19. The van der Waals surface area contributed by atoms with Crippen molar-refractivity contribution in [2.75, 3.05) is 25.6 Å². The lowest BCUT2D eigenvalue weighted by molar-refractivity contribution is -0.106. The Balaban J connectivity index is 1.62. The summed E-state index contributed by atoms with van der Waals surface area (Å²) >= 11 is 0. The molecule has 1 aliphatic rings. The smallest absolute Gasteiger partial charge is 0.312 e. The van der Waals surface area contributed by atoms with Crippen LogP contribution < -0.4 is 10.4 Å². The molecule has 1 heterocycles. The number of hydrazine groups is 1. The summed E-state index contributed by atoms with van der Waals surface area (Å²) < 4.78 is 34.0. The van der Waals surface area contributed by atoms with Crippen LogP contribution in [0, 0.1) is 5.82 Å². The molecular weight excluding hydrogens is 312 g/mol. The Labute approximate surface area is 140 Å². The predicted molar refractivity (Wildman–Crippen MR) is 89.6 cm³/mol. The molecule has 24 heavy (non-hydrogen) atoms. The molecule has 6 heteroatoms. The van der Waals surface area contributed by atoms with Gasteiger partial charge < -0.3 is 4.74 Å². The third-order valence-corrected chi connectivity index (χ3v) is 4.04. The van der Waals surface area contributed by atoms with E-state index in [4.69, 9.17) is 4.74 Å². The van der Waals surface area contributed by atoms with E-state index >= 15 is 0 Å². The van der Waals surface area contributed by atoms with Crippen molar-refractivity contribution >= 4 is 5.69 Å². The minimum Gasteiger partial charge on any atom is -0.352 e. The SMILES string of the molecule is CN1CC(F)[N+](Nc2ccccc2F)CC1OCc1ccccc1. The number of para-hydroxylation sites is 1. The number of halogens is 2. The van der Waals surface area contributed by atoms with E-state index in [0.29, 0.717) is 13.2 Å². The van der Waals surface area contributed by atoms with Crippen LogP contribution in [0.25, 0.3) is 0 Å². The van der Waals surface area contributed by atoms with Gasteiger partial charge in [-0.1, -0.05) is 42.5 Å². The first kappa shape index (κ1) is 16.8. The molecule has 2 atom stereocenters. The van der Waals surface area contributed by atoms with Crippen LogP contribution in [0.5, 0.6) is 0 Å². The molecule has 1 N–H and O–H groups in total. The molecule has 1 radical (unpaired) electrons. The maximum absolute atomic E-state index is 14.3. The molecule has 0 amide bonds. The van der Waals surface area contributed by atoms with E-state index in [1.54, 1.807) is 18.2 Å². The van der Waals surface area contributed by atoms with Crippen LogP contribution in [0.3, 0.4) is 0 Å². The summed E-state index contributed by atoms with van der Waals surface area (Å²) in [5, 5.41) is 1.38. The lowest BCUT2D eigenvalue weighted by atomic mass is 10.2. The van der Waals surface area contributed by atoms with Gasteiger partial charge in [-0.15, -0.1) is 0 Å². The fourth-order valence-corrected chi connectivity index (χ4v) is 2.64. The summed E-state index contributed by atoms with van der Waals surface area (Å²) in [6, 6.07) is 16.0. The highest BCUT2D eigenvalue weighted by Gasteiger charge is 2.41. The maximum atomic E-state index is 14.3. The van der Waals surface area contributed by atoms with Crippen molar-refractivity contribution in [1.82, 2.24) is 9.91 Å². The summed E-state index contributed by atoms with van der Waals surface area (Å²) in [6.45, 7) is 0.917. The van der Waals surface area contributed by atoms with E-state index in [9.17, 15) is 8.78 Å². The Bertz CT molecular complexity index is 656. The van der Waals surface area contributed by atoms with Crippen molar-refractivity contribution in [3.8, 4) is 0 Å². The Morgan fingerprint density at radius 3 is 2.62 bits per heavy atom. The van der Waals surface area contributed by atoms with E-state index in [1.165, 1.54) is 11.1 Å². The number of benzene rings is 2. The summed E-state index contributed by atoms with van der Waals surface area (Å²) in [4.78, 5) is 1.83. The van der Waals surface area contributed by atoms with E-state index in [1.807, 2.05) is 42.3 Å². The molecule has 4 nitrogen and oxygen atoms in total. The predicted octanol–water partition coefficient (Wildman–Crippen LogP) is 3.08. The van der Waals surface area contributed by atoms with Crippen molar-refractivity contribution in [1.29, 1.82) is 0 Å². The number of nitrogens with one attached hydrogen (secondary N) is 1. The molecule has 0 aliphatic carbocycles. The van der Waals surface area contributed by atoms with Gasteiger partial charge in [-0.05, 0) is 29.8 Å². The number of hydrogen-bond acceptors (Lipinski definition) is 4. The van der Waals surface area contributed by atoms with Crippen LogP contribution in [0.15, 0.2) is 54.6 Å². The van der Waals surface area contributed by atoms with Crippen molar-refractivity contribution in [3.05, 3.63) is 66.0 Å². The number of anilines is 1. The zero-order valence-corrected chi connectivity index (χ0v) is 13.5. The molecule has 2 aromatic carbocycles. The van der Waals surface area contributed by atoms with Gasteiger partial charge in [0.1, 0.15) is 5.69 Å². The van der Waals surface area contributed by atoms with Crippen molar-refractivity contribution in [3.63, 3.8) is 0 Å². The highest BCUT2D eigenvalue weighted by atomic mass is 19.1. The number of nitrogens with zero attached hydrogens (tertiary/aromatic N) is 2. The molecule has 0 aromatic heterocycles. The third-order valence-electron chi connectivity index (χ3n) is 4.04. The third kappa shape index (κ3) is 4.08. The van der Waals surface area contributed by atoms with Crippen molar-refractivity contribution in [2.24, 2.45) is 0 Å². The largest absolute Gasteiger partial charge is 0.352 e. The molecule has 3 rings (SSSR count). The zero-order chi connectivity index (χ0) is 16.9. The molecule has 0 saturated carbocycles.